The molecule has 0 radical (unpaired) electrons. The summed E-state index contributed by atoms with van der Waals surface area (Å²) in [4.78, 5) is 15.9. The summed E-state index contributed by atoms with van der Waals surface area (Å²) in [5.41, 5.74) is 0. The summed E-state index contributed by atoms with van der Waals surface area (Å²) in [5, 5.41) is 6.97. The van der Waals surface area contributed by atoms with Crippen LogP contribution in [0, 0.1) is 5.92 Å². The van der Waals surface area contributed by atoms with Crippen molar-refractivity contribution in [3.05, 3.63) is 12.2 Å². The van der Waals surface area contributed by atoms with E-state index in [2.05, 4.69) is 15.4 Å². The third-order valence-corrected chi connectivity index (χ3v) is 2.54. The van der Waals surface area contributed by atoms with Crippen molar-refractivity contribution in [1.82, 2.24) is 20.1 Å². The zero-order valence-corrected chi connectivity index (χ0v) is 10.8. The summed E-state index contributed by atoms with van der Waals surface area (Å²) in [5.74, 6) is 0.990. The summed E-state index contributed by atoms with van der Waals surface area (Å²) in [6.07, 6.45) is 1.85. The van der Waals surface area contributed by atoms with Crippen molar-refractivity contribution in [1.29, 1.82) is 0 Å². The van der Waals surface area contributed by atoms with E-state index in [9.17, 15) is 4.79 Å². The Hall–Kier alpha value is -1.43. The molecule has 0 aliphatic heterocycles. The summed E-state index contributed by atoms with van der Waals surface area (Å²) < 4.78 is 6.56. The number of amides is 1. The number of nitrogens with one attached hydrogen (secondary N) is 1. The van der Waals surface area contributed by atoms with E-state index in [1.807, 2.05) is 20.9 Å². The lowest BCUT2D eigenvalue weighted by atomic mass is 10.0. The van der Waals surface area contributed by atoms with Crippen molar-refractivity contribution in [2.45, 2.75) is 26.3 Å². The van der Waals surface area contributed by atoms with Crippen LogP contribution in [0.5, 0.6) is 0 Å². The monoisotopic (exact) mass is 240 g/mol. The van der Waals surface area contributed by atoms with Crippen LogP contribution in [0.2, 0.25) is 0 Å². The van der Waals surface area contributed by atoms with Gasteiger partial charge in [-0.15, -0.1) is 0 Å². The Bertz CT molecular complexity index is 362. The standard InChI is InChI=1S/C11H20N4O2/c1-8(2)10(11-12-7-13-15(11)3)14-9(16)5-6-17-4/h7-8,10H,5-6H2,1-4H3,(H,14,16)/t10-/m0/s1. The Balaban J connectivity index is 2.68. The molecule has 96 valence electrons. The van der Waals surface area contributed by atoms with Gasteiger partial charge in [-0.1, -0.05) is 13.8 Å². The second-order valence-electron chi connectivity index (χ2n) is 4.27. The van der Waals surface area contributed by atoms with Gasteiger partial charge in [-0.2, -0.15) is 5.10 Å². The number of carbonyl (C=O) groups is 1. The lowest BCUT2D eigenvalue weighted by Crippen LogP contribution is -2.34. The van der Waals surface area contributed by atoms with E-state index in [4.69, 9.17) is 4.74 Å². The van der Waals surface area contributed by atoms with Crippen molar-refractivity contribution >= 4 is 5.91 Å². The van der Waals surface area contributed by atoms with Crippen LogP contribution in [0.25, 0.3) is 0 Å². The summed E-state index contributed by atoms with van der Waals surface area (Å²) in [7, 11) is 3.40. The molecule has 0 aromatic carbocycles. The highest BCUT2D eigenvalue weighted by Gasteiger charge is 2.22. The Kier molecular flexibility index (Phi) is 5.09. The van der Waals surface area contributed by atoms with Crippen LogP contribution in [0.3, 0.4) is 0 Å². The number of carbonyl (C=O) groups excluding carboxylic acids is 1. The van der Waals surface area contributed by atoms with Crippen LogP contribution in [-0.4, -0.2) is 34.4 Å². The molecule has 1 N–H and O–H groups in total. The fraction of sp³-hybridized carbons (Fsp3) is 0.727. The number of nitrogens with zero attached hydrogens (tertiary/aromatic N) is 3. The number of methoxy groups -OCH3 is 1. The van der Waals surface area contributed by atoms with E-state index in [1.54, 1.807) is 11.8 Å². The van der Waals surface area contributed by atoms with Gasteiger partial charge < -0.3 is 10.1 Å². The van der Waals surface area contributed by atoms with Crippen LogP contribution in [-0.2, 0) is 16.6 Å². The smallest absolute Gasteiger partial charge is 0.222 e. The molecule has 1 aromatic heterocycles. The van der Waals surface area contributed by atoms with Gasteiger partial charge in [0, 0.05) is 20.6 Å². The molecule has 6 heteroatoms. The Labute approximate surface area is 101 Å². The normalized spacial score (nSPS) is 12.8. The molecule has 6 nitrogen and oxygen atoms in total. The topological polar surface area (TPSA) is 69.0 Å². The average Bonchev–Trinajstić information content (AvgIpc) is 2.69. The van der Waals surface area contributed by atoms with Crippen LogP contribution >= 0.6 is 0 Å². The summed E-state index contributed by atoms with van der Waals surface area (Å²) in [6, 6.07) is -0.119. The number of hydrogen-bond acceptors (Lipinski definition) is 4. The zero-order chi connectivity index (χ0) is 12.8. The Morgan fingerprint density at radius 2 is 2.29 bits per heavy atom. The van der Waals surface area contributed by atoms with Crippen LogP contribution in [0.15, 0.2) is 6.33 Å². The molecule has 0 fully saturated rings. The molecule has 1 rings (SSSR count). The molecule has 0 aliphatic carbocycles. The third-order valence-electron chi connectivity index (χ3n) is 2.54. The molecule has 0 saturated carbocycles. The van der Waals surface area contributed by atoms with E-state index in [0.29, 0.717) is 13.0 Å². The van der Waals surface area contributed by atoms with E-state index in [0.717, 1.165) is 5.82 Å². The van der Waals surface area contributed by atoms with E-state index in [1.165, 1.54) is 6.33 Å². The minimum Gasteiger partial charge on any atom is -0.384 e. The zero-order valence-electron chi connectivity index (χ0n) is 10.8. The molecular weight excluding hydrogens is 220 g/mol. The van der Waals surface area contributed by atoms with E-state index in [-0.39, 0.29) is 17.9 Å². The lowest BCUT2D eigenvalue weighted by Gasteiger charge is -2.21. The predicted octanol–water partition coefficient (Wildman–Crippen LogP) is 0.665. The van der Waals surface area contributed by atoms with Gasteiger partial charge in [-0.25, -0.2) is 4.98 Å². The van der Waals surface area contributed by atoms with Crippen molar-refractivity contribution in [3.63, 3.8) is 0 Å². The van der Waals surface area contributed by atoms with Gasteiger partial charge in [-0.05, 0) is 5.92 Å². The molecule has 1 amide bonds. The number of aromatic nitrogens is 3. The van der Waals surface area contributed by atoms with Gasteiger partial charge in [0.2, 0.25) is 5.91 Å². The number of ether oxygens (including phenoxy) is 1. The fourth-order valence-corrected chi connectivity index (χ4v) is 1.56. The largest absolute Gasteiger partial charge is 0.384 e. The lowest BCUT2D eigenvalue weighted by molar-refractivity contribution is -0.123. The van der Waals surface area contributed by atoms with Crippen LogP contribution in [0.4, 0.5) is 0 Å². The second kappa shape index (κ2) is 6.34. The van der Waals surface area contributed by atoms with E-state index >= 15 is 0 Å². The molecule has 1 aromatic rings. The molecule has 0 saturated heterocycles. The van der Waals surface area contributed by atoms with Gasteiger partial charge in [0.05, 0.1) is 12.6 Å². The van der Waals surface area contributed by atoms with Crippen molar-refractivity contribution in [2.75, 3.05) is 13.7 Å². The van der Waals surface area contributed by atoms with Crippen molar-refractivity contribution < 1.29 is 9.53 Å². The third kappa shape index (κ3) is 3.81. The minimum absolute atomic E-state index is 0.0337. The molecule has 0 aliphatic rings. The van der Waals surface area contributed by atoms with E-state index < -0.39 is 0 Å². The summed E-state index contributed by atoms with van der Waals surface area (Å²) in [6.45, 7) is 4.50. The number of hydrogen-bond donors (Lipinski definition) is 1. The first-order valence-corrected chi connectivity index (χ1v) is 5.68. The predicted molar refractivity (Wildman–Crippen MR) is 63.2 cm³/mol. The molecule has 0 bridgehead atoms. The van der Waals surface area contributed by atoms with Gasteiger partial charge >= 0.3 is 0 Å². The van der Waals surface area contributed by atoms with Gasteiger partial charge in [0.1, 0.15) is 12.2 Å². The second-order valence-corrected chi connectivity index (χ2v) is 4.27. The maximum absolute atomic E-state index is 11.7. The molecule has 0 spiro atoms. The van der Waals surface area contributed by atoms with Gasteiger partial charge in [-0.3, -0.25) is 9.48 Å². The van der Waals surface area contributed by atoms with Crippen LogP contribution < -0.4 is 5.32 Å². The first-order chi connectivity index (χ1) is 8.06. The maximum Gasteiger partial charge on any atom is 0.222 e. The van der Waals surface area contributed by atoms with Gasteiger partial charge in [0.25, 0.3) is 0 Å². The molecule has 1 heterocycles. The molecule has 0 unspecified atom stereocenters. The number of aryl methyl sites for hydroxylation is 1. The fourth-order valence-electron chi connectivity index (χ4n) is 1.56. The molecular formula is C11H20N4O2. The first-order valence-electron chi connectivity index (χ1n) is 5.68. The minimum atomic E-state index is -0.119. The number of rotatable bonds is 6. The first kappa shape index (κ1) is 13.6. The maximum atomic E-state index is 11.7. The highest BCUT2D eigenvalue weighted by atomic mass is 16.5. The van der Waals surface area contributed by atoms with Crippen molar-refractivity contribution in [3.8, 4) is 0 Å². The Morgan fingerprint density at radius 3 is 2.76 bits per heavy atom. The van der Waals surface area contributed by atoms with Crippen molar-refractivity contribution in [2.24, 2.45) is 13.0 Å². The average molecular weight is 240 g/mol. The molecule has 1 atom stereocenters. The SMILES string of the molecule is COCCC(=O)N[C@H](c1ncnn1C)C(C)C. The molecule has 17 heavy (non-hydrogen) atoms. The highest BCUT2D eigenvalue weighted by molar-refractivity contribution is 5.76. The quantitative estimate of drug-likeness (QED) is 0.793. The van der Waals surface area contributed by atoms with Gasteiger partial charge in [0.15, 0.2) is 0 Å². The highest BCUT2D eigenvalue weighted by Crippen LogP contribution is 2.18. The van der Waals surface area contributed by atoms with Crippen LogP contribution in [0.1, 0.15) is 32.1 Å². The Morgan fingerprint density at radius 1 is 1.59 bits per heavy atom. The summed E-state index contributed by atoms with van der Waals surface area (Å²) >= 11 is 0.